The van der Waals surface area contributed by atoms with Crippen molar-refractivity contribution in [3.05, 3.63) is 154 Å². The van der Waals surface area contributed by atoms with Crippen LogP contribution in [-0.4, -0.2) is 0 Å². The van der Waals surface area contributed by atoms with Gasteiger partial charge in [-0.2, -0.15) is 0 Å². The molecule has 0 aliphatic heterocycles. The summed E-state index contributed by atoms with van der Waals surface area (Å²) in [6, 6.07) is 41.1. The van der Waals surface area contributed by atoms with E-state index in [4.69, 9.17) is 12.9 Å². The molecule has 0 atom stereocenters. The Morgan fingerprint density at radius 2 is 0.825 bits per heavy atom. The molecule has 0 unspecified atom stereocenters. The molecule has 0 bridgehead atoms. The van der Waals surface area contributed by atoms with Crippen LogP contribution in [0, 0.1) is 0 Å². The lowest BCUT2D eigenvalue weighted by Crippen LogP contribution is -2.25. The van der Waals surface area contributed by atoms with Crippen LogP contribution < -0.4 is 20.4 Å². The Labute approximate surface area is 338 Å². The topological polar surface area (TPSA) is 35.5 Å². The number of fused-ring (bicyclic) bond motifs is 9. The second-order valence-corrected chi connectivity index (χ2v) is 19.8. The van der Waals surface area contributed by atoms with E-state index in [0.717, 1.165) is 68.3 Å². The van der Waals surface area contributed by atoms with Crippen LogP contribution in [0.3, 0.4) is 0 Å². The lowest BCUT2D eigenvalue weighted by molar-refractivity contribution is 0.498. The third-order valence-electron chi connectivity index (χ3n) is 13.3. The van der Waals surface area contributed by atoms with Gasteiger partial charge in [0.1, 0.15) is 16.9 Å². The number of aryl methyl sites for hydroxylation is 6. The van der Waals surface area contributed by atoms with Crippen molar-refractivity contribution in [2.24, 2.45) is 0 Å². The Bertz CT molecular complexity index is 2560. The number of hydrogen-bond donors (Lipinski definition) is 0. The van der Waals surface area contributed by atoms with Gasteiger partial charge in [-0.05, 0) is 195 Å². The average Bonchev–Trinajstić information content (AvgIpc) is 3.44. The van der Waals surface area contributed by atoms with Gasteiger partial charge >= 0.3 is 8.24 Å². The Morgan fingerprint density at radius 3 is 1.35 bits per heavy atom. The van der Waals surface area contributed by atoms with E-state index in [0.29, 0.717) is 0 Å². The standard InChI is InChI=1S/C52H50O3P2/c1-3-19-39(20-4-1)56(40-21-5-2-6-22-40)48-34-30-38-18-10-14-26-44(38)52(48)51-43-25-13-9-17-37(43)29-33-47(51)55-57-53-45-31-27-35-15-7-11-23-41(35)49(45)50-42-24-12-8-16-36(42)28-32-46(50)54-57/h1-6,19-22,27-34H,7-18,23-26H2. The molecule has 5 heteroatoms. The highest BCUT2D eigenvalue weighted by Gasteiger charge is 2.31. The van der Waals surface area contributed by atoms with E-state index in [9.17, 15) is 0 Å². The minimum Gasteiger partial charge on any atom is -0.390 e. The van der Waals surface area contributed by atoms with E-state index in [1.165, 1.54) is 134 Å². The van der Waals surface area contributed by atoms with Crippen molar-refractivity contribution >= 4 is 54.0 Å². The highest BCUT2D eigenvalue weighted by Crippen LogP contribution is 2.50. The fourth-order valence-corrected chi connectivity index (χ4v) is 14.2. The highest BCUT2D eigenvalue weighted by molar-refractivity contribution is 7.80. The van der Waals surface area contributed by atoms with Crippen molar-refractivity contribution in [2.75, 3.05) is 0 Å². The van der Waals surface area contributed by atoms with Crippen molar-refractivity contribution < 1.29 is 12.9 Å². The van der Waals surface area contributed by atoms with Crippen LogP contribution in [0.25, 0.3) is 33.1 Å². The summed E-state index contributed by atoms with van der Waals surface area (Å²) in [6.45, 7) is 0. The zero-order chi connectivity index (χ0) is 37.7. The van der Waals surface area contributed by atoms with E-state index in [1.807, 2.05) is 0 Å². The van der Waals surface area contributed by atoms with Gasteiger partial charge in [-0.1, -0.05) is 91.0 Å². The molecule has 0 radical (unpaired) electrons. The summed E-state index contributed by atoms with van der Waals surface area (Å²) >= 11 is 0. The first-order valence-corrected chi connectivity index (χ1v) is 24.1. The molecule has 1 heterocycles. The first kappa shape index (κ1) is 35.6. The van der Waals surface area contributed by atoms with E-state index in [2.05, 4.69) is 109 Å². The van der Waals surface area contributed by atoms with Gasteiger partial charge in [0.2, 0.25) is 0 Å². The van der Waals surface area contributed by atoms with Crippen molar-refractivity contribution in [3.8, 4) is 16.9 Å². The minimum absolute atomic E-state index is 0.847. The molecular formula is C52H50O3P2. The second-order valence-electron chi connectivity index (χ2n) is 16.7. The zero-order valence-corrected chi connectivity index (χ0v) is 34.6. The molecule has 0 fully saturated rings. The molecule has 7 aromatic rings. The van der Waals surface area contributed by atoms with E-state index < -0.39 is 16.2 Å². The van der Waals surface area contributed by atoms with Gasteiger partial charge in [0, 0.05) is 16.3 Å². The normalized spacial score (nSPS) is 16.2. The van der Waals surface area contributed by atoms with Crippen molar-refractivity contribution in [3.63, 3.8) is 0 Å². The summed E-state index contributed by atoms with van der Waals surface area (Å²) in [4.78, 5) is 0. The maximum Gasteiger partial charge on any atom is 0.453 e. The molecule has 4 aliphatic rings. The van der Waals surface area contributed by atoms with Crippen LogP contribution >= 0.6 is 16.2 Å². The highest BCUT2D eigenvalue weighted by atomic mass is 31.1. The molecule has 3 nitrogen and oxygen atoms in total. The summed E-state index contributed by atoms with van der Waals surface area (Å²) in [5.74, 6) is 0.902. The van der Waals surface area contributed by atoms with Crippen LogP contribution in [0.5, 0.6) is 5.75 Å². The lowest BCUT2D eigenvalue weighted by Gasteiger charge is -2.30. The fraction of sp³-hybridized carbons (Fsp3) is 0.308. The molecule has 1 aromatic heterocycles. The summed E-state index contributed by atoms with van der Waals surface area (Å²) in [6.07, 6.45) is 18.7. The van der Waals surface area contributed by atoms with Gasteiger partial charge < -0.3 is 12.9 Å². The van der Waals surface area contributed by atoms with Gasteiger partial charge in [-0.25, -0.2) is 0 Å². The first-order valence-electron chi connectivity index (χ1n) is 21.6. The Morgan fingerprint density at radius 1 is 0.404 bits per heavy atom. The molecule has 286 valence electrons. The molecule has 6 aromatic carbocycles. The predicted octanol–water partition coefficient (Wildman–Crippen LogP) is 13.1. The number of benzene rings is 6. The maximum absolute atomic E-state index is 7.35. The second kappa shape index (κ2) is 15.3. The van der Waals surface area contributed by atoms with Crippen LogP contribution in [-0.2, 0) is 51.4 Å². The summed E-state index contributed by atoms with van der Waals surface area (Å²) in [5, 5.41) is 6.73. The molecule has 57 heavy (non-hydrogen) atoms. The van der Waals surface area contributed by atoms with Crippen LogP contribution in [0.4, 0.5) is 0 Å². The average molecular weight is 785 g/mol. The van der Waals surface area contributed by atoms with Crippen LogP contribution in [0.2, 0.25) is 0 Å². The van der Waals surface area contributed by atoms with Gasteiger partial charge in [0.15, 0.2) is 0 Å². The Balaban J connectivity index is 1.17. The number of hydrogen-bond acceptors (Lipinski definition) is 3. The third-order valence-corrected chi connectivity index (χ3v) is 16.8. The fourth-order valence-electron chi connectivity index (χ4n) is 10.6. The molecule has 0 amide bonds. The van der Waals surface area contributed by atoms with E-state index in [-0.39, 0.29) is 0 Å². The molecule has 11 rings (SSSR count). The SMILES string of the molecule is c1ccc(P(c2ccccc2)c2ccc3c(c2-c2c(Op4oc5ccc6c(c5c5c7c(ccc5o4)CCCC7)CCCC6)ccc4c2CCCC4)CCCC3)cc1. The lowest BCUT2D eigenvalue weighted by atomic mass is 9.80. The quantitative estimate of drug-likeness (QED) is 0.158. The number of rotatable bonds is 6. The molecule has 0 saturated heterocycles. The smallest absolute Gasteiger partial charge is 0.390 e. The van der Waals surface area contributed by atoms with Gasteiger partial charge in [0.25, 0.3) is 0 Å². The molecular weight excluding hydrogens is 735 g/mol. The molecule has 0 saturated carbocycles. The monoisotopic (exact) mass is 784 g/mol. The van der Waals surface area contributed by atoms with Crippen molar-refractivity contribution in [2.45, 2.75) is 103 Å². The van der Waals surface area contributed by atoms with Crippen LogP contribution in [0.1, 0.15) is 95.9 Å². The Hall–Kier alpha value is -4.55. The van der Waals surface area contributed by atoms with Gasteiger partial charge in [-0.15, -0.1) is 0 Å². The zero-order valence-electron chi connectivity index (χ0n) is 32.8. The Kier molecular flexibility index (Phi) is 9.57. The molecule has 0 N–H and O–H groups in total. The summed E-state index contributed by atoms with van der Waals surface area (Å²) in [7, 11) is -2.66. The van der Waals surface area contributed by atoms with Crippen molar-refractivity contribution in [1.29, 1.82) is 0 Å². The third kappa shape index (κ3) is 6.47. The van der Waals surface area contributed by atoms with E-state index >= 15 is 0 Å². The van der Waals surface area contributed by atoms with Crippen molar-refractivity contribution in [1.82, 2.24) is 0 Å². The van der Waals surface area contributed by atoms with Gasteiger partial charge in [0.05, 0.1) is 0 Å². The first-order chi connectivity index (χ1) is 28.3. The molecule has 0 spiro atoms. The van der Waals surface area contributed by atoms with E-state index in [1.54, 1.807) is 0 Å². The predicted molar refractivity (Wildman–Crippen MR) is 239 cm³/mol. The summed E-state index contributed by atoms with van der Waals surface area (Å²) < 4.78 is 21.5. The summed E-state index contributed by atoms with van der Waals surface area (Å²) in [5.41, 5.74) is 16.4. The molecule has 4 aliphatic carbocycles. The van der Waals surface area contributed by atoms with Gasteiger partial charge in [-0.3, -0.25) is 0 Å². The maximum atomic E-state index is 7.35. The largest absolute Gasteiger partial charge is 0.453 e. The minimum atomic E-state index is -1.81. The van der Waals surface area contributed by atoms with Crippen LogP contribution in [0.15, 0.2) is 118 Å².